The van der Waals surface area contributed by atoms with E-state index in [-0.39, 0.29) is 23.4 Å². The van der Waals surface area contributed by atoms with Crippen molar-refractivity contribution in [1.29, 1.82) is 0 Å². The Bertz CT molecular complexity index is 688. The predicted octanol–water partition coefficient (Wildman–Crippen LogP) is 1.89. The summed E-state index contributed by atoms with van der Waals surface area (Å²) < 4.78 is 0. The number of carbonyl (C=O) groups is 2. The molecule has 3 heterocycles. The topological polar surface area (TPSA) is 78.4 Å². The first-order valence-corrected chi connectivity index (χ1v) is 9.00. The number of nitrogens with zero attached hydrogens (tertiary/aromatic N) is 4. The molecular weight excluding hydrogens is 318 g/mol. The van der Waals surface area contributed by atoms with Crippen molar-refractivity contribution >= 4 is 17.8 Å². The Morgan fingerprint density at radius 2 is 2.20 bits per heavy atom. The van der Waals surface area contributed by atoms with E-state index in [2.05, 4.69) is 15.3 Å². The number of hydrogen-bond acceptors (Lipinski definition) is 5. The summed E-state index contributed by atoms with van der Waals surface area (Å²) in [6.45, 7) is 7.30. The second-order valence-corrected chi connectivity index (χ2v) is 7.50. The number of carbonyl (C=O) groups excluding carboxylic acids is 2. The molecule has 2 aliphatic rings. The lowest BCUT2D eigenvalue weighted by Gasteiger charge is -2.32. The number of anilines is 1. The molecule has 0 bridgehead atoms. The van der Waals surface area contributed by atoms with Crippen LogP contribution in [0, 0.1) is 0 Å². The van der Waals surface area contributed by atoms with Crippen LogP contribution in [0.5, 0.6) is 0 Å². The van der Waals surface area contributed by atoms with E-state index in [9.17, 15) is 9.59 Å². The molecule has 136 valence electrons. The molecule has 7 heteroatoms. The van der Waals surface area contributed by atoms with Crippen LogP contribution >= 0.6 is 0 Å². The molecule has 1 unspecified atom stereocenters. The van der Waals surface area contributed by atoms with Crippen molar-refractivity contribution in [1.82, 2.24) is 19.8 Å². The fourth-order valence-corrected chi connectivity index (χ4v) is 3.67. The monoisotopic (exact) mass is 345 g/mol. The van der Waals surface area contributed by atoms with E-state index in [0.29, 0.717) is 31.9 Å². The van der Waals surface area contributed by atoms with Gasteiger partial charge in [-0.2, -0.15) is 0 Å². The largest absolute Gasteiger partial charge is 0.350 e. The lowest BCUT2D eigenvalue weighted by molar-refractivity contribution is -0.136. The van der Waals surface area contributed by atoms with Crippen LogP contribution in [0.4, 0.5) is 5.95 Å². The molecule has 1 saturated heterocycles. The zero-order valence-electron chi connectivity index (χ0n) is 15.5. The molecule has 0 spiro atoms. The van der Waals surface area contributed by atoms with Crippen LogP contribution in [0.1, 0.15) is 57.7 Å². The summed E-state index contributed by atoms with van der Waals surface area (Å²) in [5.74, 6) is 0.916. The summed E-state index contributed by atoms with van der Waals surface area (Å²) in [4.78, 5) is 36.8. The summed E-state index contributed by atoms with van der Waals surface area (Å²) in [7, 11) is 1.82. The van der Waals surface area contributed by atoms with Crippen LogP contribution in [0.3, 0.4) is 0 Å². The fourth-order valence-electron chi connectivity index (χ4n) is 3.67. The SMILES string of the molecule is CCCC(=O)N1Cc2nc(NC3CCC(=O)N(C)C3)ncc2C1(C)C. The predicted molar refractivity (Wildman–Crippen MR) is 94.8 cm³/mol. The molecule has 0 aromatic carbocycles. The van der Waals surface area contributed by atoms with Crippen molar-refractivity contribution in [3.8, 4) is 0 Å². The number of nitrogens with one attached hydrogen (secondary N) is 1. The molecule has 0 radical (unpaired) electrons. The van der Waals surface area contributed by atoms with E-state index in [0.717, 1.165) is 24.1 Å². The van der Waals surface area contributed by atoms with E-state index in [1.54, 1.807) is 4.90 Å². The third kappa shape index (κ3) is 3.32. The van der Waals surface area contributed by atoms with Crippen LogP contribution in [-0.4, -0.2) is 51.2 Å². The quantitative estimate of drug-likeness (QED) is 0.901. The average Bonchev–Trinajstić information content (AvgIpc) is 2.82. The molecule has 1 atom stereocenters. The maximum Gasteiger partial charge on any atom is 0.223 e. The van der Waals surface area contributed by atoms with Gasteiger partial charge in [-0.25, -0.2) is 9.97 Å². The van der Waals surface area contributed by atoms with Crippen molar-refractivity contribution in [2.24, 2.45) is 0 Å². The fraction of sp³-hybridized carbons (Fsp3) is 0.667. The highest BCUT2D eigenvalue weighted by Gasteiger charge is 2.41. The Morgan fingerprint density at radius 1 is 1.44 bits per heavy atom. The van der Waals surface area contributed by atoms with E-state index in [1.807, 2.05) is 38.9 Å². The van der Waals surface area contributed by atoms with Crippen LogP contribution in [0.2, 0.25) is 0 Å². The van der Waals surface area contributed by atoms with Gasteiger partial charge in [0.05, 0.1) is 17.8 Å². The lowest BCUT2D eigenvalue weighted by atomic mass is 9.97. The van der Waals surface area contributed by atoms with E-state index < -0.39 is 0 Å². The molecule has 2 amide bonds. The number of aromatic nitrogens is 2. The summed E-state index contributed by atoms with van der Waals surface area (Å²) >= 11 is 0. The van der Waals surface area contributed by atoms with Gasteiger partial charge >= 0.3 is 0 Å². The highest BCUT2D eigenvalue weighted by atomic mass is 16.2. The van der Waals surface area contributed by atoms with Gasteiger partial charge in [-0.1, -0.05) is 6.92 Å². The Kier molecular flexibility index (Phi) is 4.67. The molecule has 7 nitrogen and oxygen atoms in total. The highest BCUT2D eigenvalue weighted by Crippen LogP contribution is 2.38. The molecule has 1 fully saturated rings. The number of likely N-dealkylation sites (tertiary alicyclic amines) is 1. The number of amides is 2. The van der Waals surface area contributed by atoms with Gasteiger partial charge in [-0.15, -0.1) is 0 Å². The van der Waals surface area contributed by atoms with E-state index in [1.165, 1.54) is 0 Å². The van der Waals surface area contributed by atoms with Gasteiger partial charge in [0.2, 0.25) is 17.8 Å². The molecule has 25 heavy (non-hydrogen) atoms. The van der Waals surface area contributed by atoms with Crippen LogP contribution < -0.4 is 5.32 Å². The van der Waals surface area contributed by atoms with Gasteiger partial charge in [-0.05, 0) is 26.7 Å². The molecule has 3 rings (SSSR count). The smallest absolute Gasteiger partial charge is 0.223 e. The first-order chi connectivity index (χ1) is 11.8. The summed E-state index contributed by atoms with van der Waals surface area (Å²) in [5, 5.41) is 3.34. The first-order valence-electron chi connectivity index (χ1n) is 9.00. The lowest BCUT2D eigenvalue weighted by Crippen LogP contribution is -2.43. The van der Waals surface area contributed by atoms with Gasteiger partial charge in [0, 0.05) is 44.2 Å². The van der Waals surface area contributed by atoms with Crippen LogP contribution in [0.15, 0.2) is 6.20 Å². The van der Waals surface area contributed by atoms with Crippen molar-refractivity contribution in [3.05, 3.63) is 17.5 Å². The molecule has 1 aromatic heterocycles. The Hall–Kier alpha value is -2.18. The summed E-state index contributed by atoms with van der Waals surface area (Å²) in [6, 6.07) is 0.160. The minimum atomic E-state index is -0.377. The normalized spacial score (nSPS) is 22.1. The second-order valence-electron chi connectivity index (χ2n) is 7.50. The third-order valence-corrected chi connectivity index (χ3v) is 5.23. The molecular formula is C18H27N5O2. The number of likely N-dealkylation sites (N-methyl/N-ethyl adjacent to an activating group) is 1. The Balaban J connectivity index is 1.75. The maximum absolute atomic E-state index is 12.4. The summed E-state index contributed by atoms with van der Waals surface area (Å²) in [6.07, 6.45) is 4.57. The van der Waals surface area contributed by atoms with Gasteiger partial charge < -0.3 is 15.1 Å². The zero-order valence-corrected chi connectivity index (χ0v) is 15.5. The van der Waals surface area contributed by atoms with Crippen molar-refractivity contribution in [3.63, 3.8) is 0 Å². The Labute approximate surface area is 148 Å². The van der Waals surface area contributed by atoms with Gasteiger partial charge in [0.1, 0.15) is 0 Å². The Morgan fingerprint density at radius 3 is 2.88 bits per heavy atom. The number of piperidine rings is 1. The second kappa shape index (κ2) is 6.61. The number of rotatable bonds is 4. The standard InChI is InChI=1S/C18H27N5O2/c1-5-6-16(25)23-11-14-13(18(23,2)3)9-19-17(21-14)20-12-7-8-15(24)22(4)10-12/h9,12H,5-8,10-11H2,1-4H3,(H,19,20,21). The van der Waals surface area contributed by atoms with E-state index >= 15 is 0 Å². The van der Waals surface area contributed by atoms with Crippen LogP contribution in [-0.2, 0) is 21.7 Å². The molecule has 1 N–H and O–H groups in total. The zero-order chi connectivity index (χ0) is 18.2. The highest BCUT2D eigenvalue weighted by molar-refractivity contribution is 5.78. The molecule has 1 aromatic rings. The van der Waals surface area contributed by atoms with Crippen molar-refractivity contribution in [2.45, 2.75) is 64.6 Å². The summed E-state index contributed by atoms with van der Waals surface area (Å²) in [5.41, 5.74) is 1.54. The number of hydrogen-bond donors (Lipinski definition) is 1. The van der Waals surface area contributed by atoms with Crippen LogP contribution in [0.25, 0.3) is 0 Å². The molecule has 0 saturated carbocycles. The molecule has 0 aliphatic carbocycles. The van der Waals surface area contributed by atoms with Crippen molar-refractivity contribution in [2.75, 3.05) is 18.9 Å². The minimum Gasteiger partial charge on any atom is -0.350 e. The minimum absolute atomic E-state index is 0.160. The van der Waals surface area contributed by atoms with E-state index in [4.69, 9.17) is 0 Å². The van der Waals surface area contributed by atoms with Gasteiger partial charge in [-0.3, -0.25) is 9.59 Å². The van der Waals surface area contributed by atoms with Gasteiger partial charge in [0.25, 0.3) is 0 Å². The molecule has 2 aliphatic heterocycles. The maximum atomic E-state index is 12.4. The average molecular weight is 345 g/mol. The first kappa shape index (κ1) is 17.6. The number of fused-ring (bicyclic) bond motifs is 1. The van der Waals surface area contributed by atoms with Crippen molar-refractivity contribution < 1.29 is 9.59 Å². The van der Waals surface area contributed by atoms with Gasteiger partial charge in [0.15, 0.2) is 0 Å². The third-order valence-electron chi connectivity index (χ3n) is 5.23.